The number of aromatic nitrogens is 2. The smallest absolute Gasteiger partial charge is 0.141 e. The van der Waals surface area contributed by atoms with E-state index >= 15 is 0 Å². The molecule has 0 spiro atoms. The summed E-state index contributed by atoms with van der Waals surface area (Å²) in [5, 5.41) is 6.77. The number of anilines is 1. The van der Waals surface area contributed by atoms with Gasteiger partial charge in [-0.3, -0.25) is 4.90 Å². The maximum Gasteiger partial charge on any atom is 0.141 e. The predicted molar refractivity (Wildman–Crippen MR) is 144 cm³/mol. The van der Waals surface area contributed by atoms with Crippen LogP contribution in [-0.4, -0.2) is 41.0 Å². The Labute approximate surface area is 208 Å². The molecule has 0 amide bonds. The number of nitrogens with zero attached hydrogens (tertiary/aromatic N) is 4. The Hall–Kier alpha value is -2.99. The second-order valence-corrected chi connectivity index (χ2v) is 10.2. The highest BCUT2D eigenvalue weighted by Gasteiger charge is 2.23. The first-order valence-electron chi connectivity index (χ1n) is 11.6. The van der Waals surface area contributed by atoms with Gasteiger partial charge in [-0.1, -0.05) is 60.1 Å². The first-order chi connectivity index (χ1) is 16.7. The summed E-state index contributed by atoms with van der Waals surface area (Å²) in [5.41, 5.74) is 5.14. The minimum Gasteiger partial charge on any atom is -0.353 e. The Morgan fingerprint density at radius 2 is 1.71 bits per heavy atom. The van der Waals surface area contributed by atoms with Crippen molar-refractivity contribution in [1.82, 2.24) is 14.9 Å². The molecule has 0 N–H and O–H groups in total. The third-order valence-electron chi connectivity index (χ3n) is 6.83. The van der Waals surface area contributed by atoms with Crippen molar-refractivity contribution in [1.29, 1.82) is 0 Å². The van der Waals surface area contributed by atoms with Gasteiger partial charge in [-0.25, -0.2) is 9.97 Å². The van der Waals surface area contributed by atoms with Gasteiger partial charge in [0.2, 0.25) is 0 Å². The van der Waals surface area contributed by atoms with E-state index in [9.17, 15) is 0 Å². The summed E-state index contributed by atoms with van der Waals surface area (Å²) in [5.74, 6) is 1.04. The molecule has 170 valence electrons. The Balaban J connectivity index is 1.25. The van der Waals surface area contributed by atoms with Crippen LogP contribution in [0.1, 0.15) is 11.1 Å². The molecule has 0 radical (unpaired) electrons. The Morgan fingerprint density at radius 3 is 2.53 bits per heavy atom. The molecule has 0 atom stereocenters. The second kappa shape index (κ2) is 8.99. The molecule has 1 fully saturated rings. The second-order valence-electron chi connectivity index (χ2n) is 8.88. The van der Waals surface area contributed by atoms with Crippen LogP contribution in [0.15, 0.2) is 72.4 Å². The lowest BCUT2D eigenvalue weighted by molar-refractivity contribution is 0.250. The molecule has 1 aliphatic rings. The highest BCUT2D eigenvalue weighted by molar-refractivity contribution is 7.17. The fourth-order valence-electron chi connectivity index (χ4n) is 4.94. The lowest BCUT2D eigenvalue weighted by Gasteiger charge is -2.36. The fraction of sp³-hybridized carbons (Fsp3) is 0.214. The highest BCUT2D eigenvalue weighted by Crippen LogP contribution is 2.38. The molecule has 34 heavy (non-hydrogen) atoms. The van der Waals surface area contributed by atoms with E-state index < -0.39 is 0 Å². The van der Waals surface area contributed by atoms with Crippen LogP contribution in [0, 0.1) is 6.92 Å². The van der Waals surface area contributed by atoms with Crippen molar-refractivity contribution >= 4 is 49.7 Å². The van der Waals surface area contributed by atoms with Gasteiger partial charge in [-0.15, -0.1) is 11.3 Å². The molecule has 0 aliphatic carbocycles. The van der Waals surface area contributed by atoms with Crippen molar-refractivity contribution in [3.05, 3.63) is 88.5 Å². The zero-order chi connectivity index (χ0) is 23.1. The van der Waals surface area contributed by atoms with Gasteiger partial charge >= 0.3 is 0 Å². The quantitative estimate of drug-likeness (QED) is 0.281. The minimum absolute atomic E-state index is 0.748. The van der Waals surface area contributed by atoms with Crippen LogP contribution < -0.4 is 4.90 Å². The first kappa shape index (κ1) is 21.5. The summed E-state index contributed by atoms with van der Waals surface area (Å²) < 4.78 is 0. The third kappa shape index (κ3) is 3.94. The summed E-state index contributed by atoms with van der Waals surface area (Å²) in [6.07, 6.45) is 1.70. The van der Waals surface area contributed by atoms with Crippen molar-refractivity contribution in [2.75, 3.05) is 31.1 Å². The van der Waals surface area contributed by atoms with E-state index in [0.29, 0.717) is 0 Å². The van der Waals surface area contributed by atoms with Crippen LogP contribution in [0.2, 0.25) is 5.02 Å². The van der Waals surface area contributed by atoms with Crippen LogP contribution in [-0.2, 0) is 6.54 Å². The number of fused-ring (bicyclic) bond motifs is 2. The Kier molecular flexibility index (Phi) is 5.69. The molecule has 0 unspecified atom stereocenters. The topological polar surface area (TPSA) is 32.3 Å². The van der Waals surface area contributed by atoms with Gasteiger partial charge in [0.05, 0.1) is 5.39 Å². The predicted octanol–water partition coefficient (Wildman–Crippen LogP) is 6.80. The molecular weight excluding hydrogens is 460 g/mol. The number of piperazine rings is 1. The monoisotopic (exact) mass is 484 g/mol. The van der Waals surface area contributed by atoms with Crippen molar-refractivity contribution in [2.45, 2.75) is 13.5 Å². The maximum atomic E-state index is 6.12. The summed E-state index contributed by atoms with van der Waals surface area (Å²) in [6, 6.07) is 21.2. The summed E-state index contributed by atoms with van der Waals surface area (Å²) >= 11 is 7.80. The summed E-state index contributed by atoms with van der Waals surface area (Å²) in [6.45, 7) is 7.13. The van der Waals surface area contributed by atoms with E-state index in [1.165, 1.54) is 27.5 Å². The molecule has 6 heteroatoms. The maximum absolute atomic E-state index is 6.12. The van der Waals surface area contributed by atoms with Crippen molar-refractivity contribution in [3.63, 3.8) is 0 Å². The molecule has 1 saturated heterocycles. The fourth-order valence-corrected chi connectivity index (χ4v) is 5.97. The van der Waals surface area contributed by atoms with Gasteiger partial charge in [0.1, 0.15) is 17.0 Å². The third-order valence-corrected chi connectivity index (χ3v) is 7.97. The van der Waals surface area contributed by atoms with E-state index in [0.717, 1.165) is 59.3 Å². The van der Waals surface area contributed by atoms with Crippen molar-refractivity contribution < 1.29 is 0 Å². The molecule has 5 aromatic rings. The molecule has 2 aromatic heterocycles. The van der Waals surface area contributed by atoms with E-state index in [1.54, 1.807) is 17.7 Å². The van der Waals surface area contributed by atoms with Crippen molar-refractivity contribution in [3.8, 4) is 11.1 Å². The van der Waals surface area contributed by atoms with Crippen LogP contribution in [0.3, 0.4) is 0 Å². The van der Waals surface area contributed by atoms with Gasteiger partial charge in [0.25, 0.3) is 0 Å². The molecule has 1 aliphatic heterocycles. The molecule has 0 saturated carbocycles. The molecule has 0 bridgehead atoms. The number of rotatable bonds is 4. The zero-order valence-electron chi connectivity index (χ0n) is 19.0. The Morgan fingerprint density at radius 1 is 0.912 bits per heavy atom. The number of hydrogen-bond acceptors (Lipinski definition) is 5. The normalized spacial score (nSPS) is 14.8. The van der Waals surface area contributed by atoms with Crippen molar-refractivity contribution in [2.24, 2.45) is 0 Å². The minimum atomic E-state index is 0.748. The van der Waals surface area contributed by atoms with E-state index in [-0.39, 0.29) is 0 Å². The number of hydrogen-bond donors (Lipinski definition) is 0. The lowest BCUT2D eigenvalue weighted by Crippen LogP contribution is -2.46. The molecule has 3 heterocycles. The number of halogens is 1. The van der Waals surface area contributed by atoms with Gasteiger partial charge < -0.3 is 4.90 Å². The van der Waals surface area contributed by atoms with Crippen LogP contribution >= 0.6 is 22.9 Å². The van der Waals surface area contributed by atoms with Crippen LogP contribution in [0.4, 0.5) is 5.82 Å². The number of benzene rings is 3. The molecular formula is C28H25ClN4S. The van der Waals surface area contributed by atoms with E-state index in [4.69, 9.17) is 16.6 Å². The van der Waals surface area contributed by atoms with Crippen LogP contribution in [0.25, 0.3) is 32.1 Å². The zero-order valence-corrected chi connectivity index (χ0v) is 20.6. The van der Waals surface area contributed by atoms with Gasteiger partial charge in [-0.05, 0) is 46.5 Å². The summed E-state index contributed by atoms with van der Waals surface area (Å²) in [7, 11) is 0. The lowest BCUT2D eigenvalue weighted by atomic mass is 9.99. The van der Waals surface area contributed by atoms with Crippen LogP contribution in [0.5, 0.6) is 0 Å². The standard InChI is InChI=1S/C28H25ClN4S/c1-19-6-7-20-4-2-3-5-23(20)24(19)16-32-12-14-33(15-13-32)27-26-25(17-34-28(26)31-18-30-27)21-8-10-22(29)11-9-21/h2-11,17-18H,12-16H2,1H3. The van der Waals surface area contributed by atoms with Gasteiger partial charge in [-0.2, -0.15) is 0 Å². The van der Waals surface area contributed by atoms with Gasteiger partial charge in [0, 0.05) is 48.7 Å². The average Bonchev–Trinajstić information content (AvgIpc) is 3.31. The number of thiophene rings is 1. The molecule has 3 aromatic carbocycles. The average molecular weight is 485 g/mol. The van der Waals surface area contributed by atoms with E-state index in [1.807, 2.05) is 12.1 Å². The highest BCUT2D eigenvalue weighted by atomic mass is 35.5. The van der Waals surface area contributed by atoms with E-state index in [2.05, 4.69) is 75.6 Å². The first-order valence-corrected chi connectivity index (χ1v) is 12.9. The molecule has 6 rings (SSSR count). The van der Waals surface area contributed by atoms with Gasteiger partial charge in [0.15, 0.2) is 0 Å². The Bertz CT molecular complexity index is 1470. The SMILES string of the molecule is Cc1ccc2ccccc2c1CN1CCN(c2ncnc3scc(-c4ccc(Cl)cc4)c23)CC1. The summed E-state index contributed by atoms with van der Waals surface area (Å²) in [4.78, 5) is 15.3. The number of aryl methyl sites for hydroxylation is 1. The molecule has 4 nitrogen and oxygen atoms in total. The largest absolute Gasteiger partial charge is 0.353 e.